The van der Waals surface area contributed by atoms with E-state index >= 15 is 0 Å². The molecule has 0 bridgehead atoms. The molecule has 0 aromatic carbocycles. The third-order valence-corrected chi connectivity index (χ3v) is 5.42. The Balaban J connectivity index is 0.00000280. The number of aliphatic imine (C=N–C) groups is 1. The number of ether oxygens (including phenoxy) is 2. The highest BCUT2D eigenvalue weighted by Crippen LogP contribution is 2.18. The first-order chi connectivity index (χ1) is 13.2. The van der Waals surface area contributed by atoms with Gasteiger partial charge in [0.15, 0.2) is 11.8 Å². The normalized spacial score (nSPS) is 21.5. The molecule has 1 N–H and O–H groups in total. The molecule has 1 aromatic heterocycles. The first-order valence-electron chi connectivity index (χ1n) is 10.3. The van der Waals surface area contributed by atoms with E-state index in [1.807, 2.05) is 18.5 Å². The number of halogens is 1. The number of guanidine groups is 1. The van der Waals surface area contributed by atoms with E-state index in [1.165, 1.54) is 12.8 Å². The third-order valence-electron chi connectivity index (χ3n) is 5.42. The number of aromatic nitrogens is 3. The van der Waals surface area contributed by atoms with Crippen molar-refractivity contribution in [3.8, 4) is 0 Å². The van der Waals surface area contributed by atoms with Gasteiger partial charge in [0.05, 0.1) is 18.8 Å². The predicted octanol–water partition coefficient (Wildman–Crippen LogP) is 2.26. The van der Waals surface area contributed by atoms with Gasteiger partial charge < -0.3 is 24.3 Å². The zero-order valence-electron chi connectivity index (χ0n) is 17.4. The molecule has 160 valence electrons. The molecule has 0 amide bonds. The fourth-order valence-corrected chi connectivity index (χ4v) is 3.58. The fourth-order valence-electron chi connectivity index (χ4n) is 3.58. The van der Waals surface area contributed by atoms with Crippen LogP contribution in [0, 0.1) is 6.92 Å². The summed E-state index contributed by atoms with van der Waals surface area (Å²) in [6.07, 6.45) is 6.27. The van der Waals surface area contributed by atoms with E-state index in [1.54, 1.807) is 0 Å². The topological polar surface area (TPSA) is 76.8 Å². The highest BCUT2D eigenvalue weighted by Gasteiger charge is 2.24. The number of likely N-dealkylation sites (tertiary alicyclic amines) is 1. The highest BCUT2D eigenvalue weighted by molar-refractivity contribution is 14.0. The summed E-state index contributed by atoms with van der Waals surface area (Å²) in [6, 6.07) is 0. The van der Waals surface area contributed by atoms with Crippen LogP contribution in [0.4, 0.5) is 0 Å². The molecule has 3 heterocycles. The minimum atomic E-state index is 0. The summed E-state index contributed by atoms with van der Waals surface area (Å²) in [5.41, 5.74) is 0. The van der Waals surface area contributed by atoms with Crippen molar-refractivity contribution in [1.29, 1.82) is 0 Å². The standard InChI is InChI=1S/C19H34N6O2.HI/c1-4-20-19(21-13-18-23-22-15(2)24(18)3)25-10-8-16(9-11-25)27-14-17-7-5-6-12-26-17;/h16-17H,4-14H2,1-3H3,(H,20,21);1H. The van der Waals surface area contributed by atoms with Crippen molar-refractivity contribution < 1.29 is 9.47 Å². The summed E-state index contributed by atoms with van der Waals surface area (Å²) in [5, 5.41) is 11.7. The second-order valence-corrected chi connectivity index (χ2v) is 7.40. The molecule has 0 spiro atoms. The third kappa shape index (κ3) is 6.55. The quantitative estimate of drug-likeness (QED) is 0.363. The van der Waals surface area contributed by atoms with E-state index < -0.39 is 0 Å². The SMILES string of the molecule is CCNC(=NCc1nnc(C)n1C)N1CCC(OCC2CCCCO2)CC1.I. The molecule has 2 saturated heterocycles. The van der Waals surface area contributed by atoms with Crippen molar-refractivity contribution in [2.75, 3.05) is 32.8 Å². The monoisotopic (exact) mass is 506 g/mol. The fraction of sp³-hybridized carbons (Fsp3) is 0.842. The van der Waals surface area contributed by atoms with Gasteiger partial charge in [-0.15, -0.1) is 34.2 Å². The molecule has 1 unspecified atom stereocenters. The Morgan fingerprint density at radius 3 is 2.64 bits per heavy atom. The molecule has 2 aliphatic heterocycles. The van der Waals surface area contributed by atoms with E-state index in [9.17, 15) is 0 Å². The van der Waals surface area contributed by atoms with Crippen LogP contribution in [-0.4, -0.2) is 70.7 Å². The number of hydrogen-bond acceptors (Lipinski definition) is 5. The van der Waals surface area contributed by atoms with Crippen LogP contribution in [0.3, 0.4) is 0 Å². The molecule has 1 aromatic rings. The van der Waals surface area contributed by atoms with Gasteiger partial charge in [-0.1, -0.05) is 0 Å². The van der Waals surface area contributed by atoms with Gasteiger partial charge in [-0.2, -0.15) is 0 Å². The lowest BCUT2D eigenvalue weighted by Gasteiger charge is -2.35. The number of nitrogens with zero attached hydrogens (tertiary/aromatic N) is 5. The van der Waals surface area contributed by atoms with Crippen LogP contribution >= 0.6 is 24.0 Å². The minimum Gasteiger partial charge on any atom is -0.376 e. The summed E-state index contributed by atoms with van der Waals surface area (Å²) in [6.45, 7) is 8.99. The summed E-state index contributed by atoms with van der Waals surface area (Å²) in [4.78, 5) is 7.10. The van der Waals surface area contributed by atoms with Crippen LogP contribution in [0.2, 0.25) is 0 Å². The largest absolute Gasteiger partial charge is 0.376 e. The van der Waals surface area contributed by atoms with Crippen LogP contribution in [0.25, 0.3) is 0 Å². The van der Waals surface area contributed by atoms with Crippen molar-refractivity contribution in [3.63, 3.8) is 0 Å². The van der Waals surface area contributed by atoms with Crippen LogP contribution in [0.5, 0.6) is 0 Å². The van der Waals surface area contributed by atoms with Crippen LogP contribution in [0.15, 0.2) is 4.99 Å². The van der Waals surface area contributed by atoms with Gasteiger partial charge in [-0.3, -0.25) is 0 Å². The zero-order chi connectivity index (χ0) is 19.1. The second kappa shape index (κ2) is 11.9. The Kier molecular flexibility index (Phi) is 9.93. The lowest BCUT2D eigenvalue weighted by atomic mass is 10.1. The Bertz CT molecular complexity index is 610. The number of hydrogen-bond donors (Lipinski definition) is 1. The van der Waals surface area contributed by atoms with Crippen molar-refractivity contribution >= 4 is 29.9 Å². The molecule has 28 heavy (non-hydrogen) atoms. The van der Waals surface area contributed by atoms with Crippen molar-refractivity contribution in [2.45, 2.75) is 64.7 Å². The molecule has 2 fully saturated rings. The van der Waals surface area contributed by atoms with Crippen molar-refractivity contribution in [2.24, 2.45) is 12.0 Å². The molecule has 1 atom stereocenters. The molecule has 3 rings (SSSR count). The Morgan fingerprint density at radius 1 is 1.25 bits per heavy atom. The smallest absolute Gasteiger partial charge is 0.194 e. The zero-order valence-corrected chi connectivity index (χ0v) is 19.7. The summed E-state index contributed by atoms with van der Waals surface area (Å²) in [7, 11) is 1.98. The average Bonchev–Trinajstić information content (AvgIpc) is 3.03. The molecule has 9 heteroatoms. The van der Waals surface area contributed by atoms with Crippen LogP contribution in [0.1, 0.15) is 50.7 Å². The van der Waals surface area contributed by atoms with E-state index in [0.29, 0.717) is 18.8 Å². The van der Waals surface area contributed by atoms with Gasteiger partial charge in [-0.05, 0) is 46.0 Å². The van der Waals surface area contributed by atoms with Gasteiger partial charge in [0.1, 0.15) is 12.4 Å². The highest BCUT2D eigenvalue weighted by atomic mass is 127. The molecule has 0 saturated carbocycles. The predicted molar refractivity (Wildman–Crippen MR) is 120 cm³/mol. The van der Waals surface area contributed by atoms with Gasteiger partial charge in [-0.25, -0.2) is 4.99 Å². The Morgan fingerprint density at radius 2 is 2.04 bits per heavy atom. The Hall–Kier alpha value is -0.940. The molecule has 0 radical (unpaired) electrons. The lowest BCUT2D eigenvalue weighted by Crippen LogP contribution is -2.47. The van der Waals surface area contributed by atoms with E-state index in [-0.39, 0.29) is 24.0 Å². The van der Waals surface area contributed by atoms with Gasteiger partial charge in [0.2, 0.25) is 0 Å². The van der Waals surface area contributed by atoms with Gasteiger partial charge >= 0.3 is 0 Å². The summed E-state index contributed by atoms with van der Waals surface area (Å²) in [5.74, 6) is 2.74. The first kappa shape index (κ1) is 23.3. The maximum atomic E-state index is 6.12. The summed E-state index contributed by atoms with van der Waals surface area (Å²) >= 11 is 0. The minimum absolute atomic E-state index is 0. The molecular formula is C19H35IN6O2. The first-order valence-corrected chi connectivity index (χ1v) is 10.3. The van der Waals surface area contributed by atoms with E-state index in [4.69, 9.17) is 14.5 Å². The number of piperidine rings is 1. The second-order valence-electron chi connectivity index (χ2n) is 7.40. The maximum absolute atomic E-state index is 6.12. The molecular weight excluding hydrogens is 471 g/mol. The summed E-state index contributed by atoms with van der Waals surface area (Å²) < 4.78 is 13.9. The number of aryl methyl sites for hydroxylation is 1. The van der Waals surface area contributed by atoms with Crippen molar-refractivity contribution in [3.05, 3.63) is 11.6 Å². The number of rotatable bonds is 6. The molecule has 8 nitrogen and oxygen atoms in total. The van der Waals surface area contributed by atoms with Crippen LogP contribution in [-0.2, 0) is 23.1 Å². The lowest BCUT2D eigenvalue weighted by molar-refractivity contribution is -0.0721. The maximum Gasteiger partial charge on any atom is 0.194 e. The van der Waals surface area contributed by atoms with Crippen LogP contribution < -0.4 is 5.32 Å². The average molecular weight is 506 g/mol. The Labute approximate surface area is 185 Å². The number of nitrogens with one attached hydrogen (secondary N) is 1. The molecule has 2 aliphatic rings. The van der Waals surface area contributed by atoms with Crippen molar-refractivity contribution in [1.82, 2.24) is 25.0 Å². The van der Waals surface area contributed by atoms with E-state index in [0.717, 1.165) is 69.7 Å². The van der Waals surface area contributed by atoms with Gasteiger partial charge in [0, 0.05) is 33.3 Å². The van der Waals surface area contributed by atoms with Gasteiger partial charge in [0.25, 0.3) is 0 Å². The van der Waals surface area contributed by atoms with E-state index in [2.05, 4.69) is 27.3 Å². The molecule has 0 aliphatic carbocycles.